The van der Waals surface area contributed by atoms with E-state index in [4.69, 9.17) is 10.5 Å². The molecule has 0 atom stereocenters. The lowest BCUT2D eigenvalue weighted by atomic mass is 9.77. The van der Waals surface area contributed by atoms with Gasteiger partial charge >= 0.3 is 5.97 Å². The van der Waals surface area contributed by atoms with E-state index >= 15 is 0 Å². The second-order valence-electron chi connectivity index (χ2n) is 15.1. The summed E-state index contributed by atoms with van der Waals surface area (Å²) in [5, 5.41) is 22.6. The van der Waals surface area contributed by atoms with Crippen LogP contribution >= 0.6 is 23.5 Å². The number of hydrogen-bond acceptors (Lipinski definition) is 7. The van der Waals surface area contributed by atoms with Crippen LogP contribution in [0.3, 0.4) is 0 Å². The highest BCUT2D eigenvalue weighted by molar-refractivity contribution is 8.18. The molecular weight excluding hydrogens is 551 g/mol. The summed E-state index contributed by atoms with van der Waals surface area (Å²) in [6.45, 7) is 27.8. The molecule has 0 heterocycles. The highest BCUT2D eigenvalue weighted by Gasteiger charge is 2.33. The van der Waals surface area contributed by atoms with Gasteiger partial charge < -0.3 is 20.7 Å². The van der Waals surface area contributed by atoms with Crippen LogP contribution in [0, 0.1) is 0 Å². The van der Waals surface area contributed by atoms with E-state index < -0.39 is 11.4 Å². The summed E-state index contributed by atoms with van der Waals surface area (Å²) < 4.78 is 5.01. The third kappa shape index (κ3) is 9.33. The van der Waals surface area contributed by atoms with Crippen LogP contribution in [0.5, 0.6) is 11.5 Å². The molecule has 0 aliphatic heterocycles. The summed E-state index contributed by atoms with van der Waals surface area (Å²) in [6.07, 6.45) is 0.556. The van der Waals surface area contributed by atoms with E-state index in [-0.39, 0.29) is 33.5 Å². The monoisotopic (exact) mass is 603 g/mol. The molecule has 5 nitrogen and oxygen atoms in total. The maximum Gasteiger partial charge on any atom is 0.319 e. The van der Waals surface area contributed by atoms with Gasteiger partial charge in [-0.2, -0.15) is 0 Å². The van der Waals surface area contributed by atoms with Gasteiger partial charge in [-0.3, -0.25) is 4.79 Å². The third-order valence-electron chi connectivity index (χ3n) is 7.20. The van der Waals surface area contributed by atoms with E-state index in [2.05, 4.69) is 114 Å². The van der Waals surface area contributed by atoms with Gasteiger partial charge in [0.15, 0.2) is 0 Å². The number of phenols is 2. The summed E-state index contributed by atoms with van der Waals surface area (Å²) in [5.74, 6) is 0.254. The molecule has 0 aliphatic carbocycles. The fourth-order valence-corrected chi connectivity index (χ4v) is 7.35. The first-order valence-electron chi connectivity index (χ1n) is 14.4. The first-order chi connectivity index (χ1) is 18.4. The molecule has 0 saturated heterocycles. The van der Waals surface area contributed by atoms with Crippen molar-refractivity contribution in [1.82, 2.24) is 0 Å². The zero-order valence-electron chi connectivity index (χ0n) is 27.5. The van der Waals surface area contributed by atoms with E-state index in [0.717, 1.165) is 32.0 Å². The fraction of sp³-hybridized carbons (Fsp3) is 0.618. The average molecular weight is 604 g/mol. The van der Waals surface area contributed by atoms with Crippen molar-refractivity contribution in [3.8, 4) is 11.5 Å². The number of rotatable bonds is 9. The number of nitrogens with two attached hydrogens (primary N) is 1. The van der Waals surface area contributed by atoms with Gasteiger partial charge in [0, 0.05) is 32.0 Å². The van der Waals surface area contributed by atoms with Gasteiger partial charge in [-0.05, 0) is 66.2 Å². The molecule has 0 radical (unpaired) electrons. The molecule has 2 aromatic rings. The number of benzene rings is 2. The average Bonchev–Trinajstić information content (AvgIpc) is 2.78. The van der Waals surface area contributed by atoms with Crippen molar-refractivity contribution in [2.75, 3.05) is 13.2 Å². The molecule has 0 unspecified atom stereocenters. The van der Waals surface area contributed by atoms with Gasteiger partial charge in [-0.15, -0.1) is 23.5 Å². The van der Waals surface area contributed by atoms with Crippen molar-refractivity contribution in [3.63, 3.8) is 0 Å². The predicted octanol–water partition coefficient (Wildman–Crippen LogP) is 8.78. The topological polar surface area (TPSA) is 92.8 Å². The number of hydrogen-bond donors (Lipinski definition) is 3. The Morgan fingerprint density at radius 1 is 0.683 bits per heavy atom. The van der Waals surface area contributed by atoms with Crippen LogP contribution in [0.1, 0.15) is 119 Å². The van der Waals surface area contributed by atoms with Crippen LogP contribution < -0.4 is 5.73 Å². The Bertz CT molecular complexity index is 1210. The molecule has 230 valence electrons. The molecule has 0 aromatic heterocycles. The molecule has 0 spiro atoms. The first kappa shape index (κ1) is 35.4. The smallest absolute Gasteiger partial charge is 0.319 e. The summed E-state index contributed by atoms with van der Waals surface area (Å²) >= 11 is 3.54. The van der Waals surface area contributed by atoms with Crippen molar-refractivity contribution in [2.45, 2.75) is 132 Å². The lowest BCUT2D eigenvalue weighted by Crippen LogP contribution is -2.24. The lowest BCUT2D eigenvalue weighted by Gasteiger charge is -2.32. The normalized spacial score (nSPS) is 13.4. The molecule has 2 rings (SSSR count). The highest BCUT2D eigenvalue weighted by Crippen LogP contribution is 2.51. The number of thioether (sulfide) groups is 2. The van der Waals surface area contributed by atoms with Crippen LogP contribution in [0.15, 0.2) is 34.1 Å². The molecular formula is C34H53NO4S2. The minimum absolute atomic E-state index is 0.145. The van der Waals surface area contributed by atoms with Crippen molar-refractivity contribution in [2.24, 2.45) is 5.73 Å². The summed E-state index contributed by atoms with van der Waals surface area (Å²) in [5.41, 5.74) is 7.92. The zero-order chi connectivity index (χ0) is 31.8. The number of aromatic hydroxyl groups is 2. The fourth-order valence-electron chi connectivity index (χ4n) is 4.77. The number of carbonyl (C=O) groups is 1. The Morgan fingerprint density at radius 3 is 1.37 bits per heavy atom. The van der Waals surface area contributed by atoms with Crippen LogP contribution in [-0.2, 0) is 31.2 Å². The van der Waals surface area contributed by atoms with Gasteiger partial charge in [0.05, 0.1) is 17.2 Å². The second kappa shape index (κ2) is 12.4. The molecule has 41 heavy (non-hydrogen) atoms. The quantitative estimate of drug-likeness (QED) is 0.150. The van der Waals surface area contributed by atoms with Crippen LogP contribution in [0.25, 0.3) is 0 Å². The van der Waals surface area contributed by atoms with E-state index in [1.807, 2.05) is 0 Å². The van der Waals surface area contributed by atoms with Gasteiger partial charge in [-0.25, -0.2) is 0 Å². The van der Waals surface area contributed by atoms with Gasteiger partial charge in [0.25, 0.3) is 0 Å². The number of esters is 1. The Labute approximate surface area is 257 Å². The molecule has 0 fully saturated rings. The second-order valence-corrected chi connectivity index (χ2v) is 18.8. The van der Waals surface area contributed by atoms with E-state index in [1.165, 1.54) is 0 Å². The summed E-state index contributed by atoms with van der Waals surface area (Å²) in [7, 11) is 0. The number of carbonyl (C=O) groups excluding carboxylic acids is 1. The number of ether oxygens (including phenoxy) is 1. The van der Waals surface area contributed by atoms with Gasteiger partial charge in [0.1, 0.15) is 11.5 Å². The maximum atomic E-state index is 11.6. The first-order valence-corrected chi connectivity index (χ1v) is 16.0. The largest absolute Gasteiger partial charge is 0.507 e. The molecule has 0 saturated carbocycles. The van der Waals surface area contributed by atoms with Crippen molar-refractivity contribution in [1.29, 1.82) is 0 Å². The minimum Gasteiger partial charge on any atom is -0.507 e. The molecule has 0 amide bonds. The SMILES string of the molecule is CC(C)(Sc1cc(C(C)(C)C)c(O)c(C(C)(C)C)c1)Sc1cc(C(C)(C)C)c(O)c(C(C)(C)CCOC(=O)CN)c1. The Balaban J connectivity index is 2.54. The third-order valence-corrected chi connectivity index (χ3v) is 9.63. The van der Waals surface area contributed by atoms with E-state index in [9.17, 15) is 15.0 Å². The van der Waals surface area contributed by atoms with Crippen LogP contribution in [-0.4, -0.2) is 33.4 Å². The molecule has 0 bridgehead atoms. The van der Waals surface area contributed by atoms with Gasteiger partial charge in [-0.1, -0.05) is 76.2 Å². The maximum absolute atomic E-state index is 11.6. The number of phenolic OH excluding ortho intramolecular Hbond substituents is 2. The van der Waals surface area contributed by atoms with Crippen LogP contribution in [0.2, 0.25) is 0 Å². The van der Waals surface area contributed by atoms with E-state index in [1.54, 1.807) is 23.5 Å². The van der Waals surface area contributed by atoms with Crippen molar-refractivity contribution < 1.29 is 19.7 Å². The molecule has 7 heteroatoms. The predicted molar refractivity (Wildman–Crippen MR) is 176 cm³/mol. The standard InChI is InChI=1S/C34H53NO4S2/c1-30(2,3)23-16-21(17-24(28(23)37)31(4,5)6)40-34(12,13)41-22-18-25(32(7,8)9)29(38)26(19-22)33(10,11)14-15-39-27(36)20-35/h16-19,37-38H,14-15,20,35H2,1-13H3. The van der Waals surface area contributed by atoms with Crippen molar-refractivity contribution >= 4 is 29.5 Å². The summed E-state index contributed by atoms with van der Waals surface area (Å²) in [6, 6.07) is 8.45. The van der Waals surface area contributed by atoms with Crippen LogP contribution in [0.4, 0.5) is 0 Å². The molecule has 2 aromatic carbocycles. The molecule has 0 aliphatic rings. The Kier molecular flexibility index (Phi) is 10.7. The Morgan fingerprint density at radius 2 is 1.02 bits per heavy atom. The van der Waals surface area contributed by atoms with Crippen molar-refractivity contribution in [3.05, 3.63) is 46.5 Å². The molecule has 4 N–H and O–H groups in total. The lowest BCUT2D eigenvalue weighted by molar-refractivity contribution is -0.142. The summed E-state index contributed by atoms with van der Waals surface area (Å²) in [4.78, 5) is 13.8. The zero-order valence-corrected chi connectivity index (χ0v) is 29.2. The minimum atomic E-state index is -0.438. The van der Waals surface area contributed by atoms with Gasteiger partial charge in [0.2, 0.25) is 0 Å². The highest BCUT2D eigenvalue weighted by atomic mass is 32.2. The Hall–Kier alpha value is -1.83. The van der Waals surface area contributed by atoms with E-state index in [0.29, 0.717) is 17.9 Å².